The van der Waals surface area contributed by atoms with Gasteiger partial charge in [-0.25, -0.2) is 18.2 Å². The smallest absolute Gasteiger partial charge is 0.320 e. The molecule has 4 unspecified atom stereocenters. The quantitative estimate of drug-likeness (QED) is 0.355. The molecule has 1 aromatic heterocycles. The fraction of sp³-hybridized carbons (Fsp3) is 0.444. The van der Waals surface area contributed by atoms with E-state index in [2.05, 4.69) is 15.0 Å². The number of rotatable bonds is 7. The summed E-state index contributed by atoms with van der Waals surface area (Å²) in [7, 11) is -0.484. The normalized spacial score (nSPS) is 26.6. The van der Waals surface area contributed by atoms with Crippen molar-refractivity contribution in [2.24, 2.45) is 5.92 Å². The first-order chi connectivity index (χ1) is 23.6. The zero-order chi connectivity index (χ0) is 34.3. The predicted octanol–water partition coefficient (Wildman–Crippen LogP) is 4.01. The molecule has 0 bridgehead atoms. The fourth-order valence-electron chi connectivity index (χ4n) is 7.03. The van der Waals surface area contributed by atoms with Crippen LogP contribution in [0, 0.1) is 5.92 Å². The van der Waals surface area contributed by atoms with Crippen LogP contribution < -0.4 is 19.5 Å². The first-order valence-electron chi connectivity index (χ1n) is 16.9. The number of carbonyl (C=O) groups excluding carboxylic acids is 3. The van der Waals surface area contributed by atoms with Crippen LogP contribution in [0.25, 0.3) is 21.9 Å². The van der Waals surface area contributed by atoms with Gasteiger partial charge in [-0.15, -0.1) is 0 Å². The number of hydrogen-bond donors (Lipinski definition) is 2. The van der Waals surface area contributed by atoms with E-state index in [1.54, 1.807) is 25.3 Å². The second-order valence-electron chi connectivity index (χ2n) is 13.4. The molecule has 0 spiro atoms. The molecule has 2 N–H and O–H groups in total. The number of nitrogens with zero attached hydrogens (tertiary/aromatic N) is 3. The van der Waals surface area contributed by atoms with E-state index in [4.69, 9.17) is 9.47 Å². The number of urea groups is 1. The van der Waals surface area contributed by atoms with E-state index < -0.39 is 44.8 Å². The van der Waals surface area contributed by atoms with Crippen LogP contribution >= 0.6 is 0 Å². The van der Waals surface area contributed by atoms with Crippen molar-refractivity contribution >= 4 is 38.6 Å². The van der Waals surface area contributed by atoms with E-state index in [1.165, 1.54) is 4.90 Å². The topological polar surface area (TPSA) is 147 Å². The summed E-state index contributed by atoms with van der Waals surface area (Å²) < 4.78 is 39.9. The van der Waals surface area contributed by atoms with Gasteiger partial charge in [-0.2, -0.15) is 0 Å². The minimum Gasteiger partial charge on any atom is -0.496 e. The summed E-state index contributed by atoms with van der Waals surface area (Å²) in [5.74, 6) is -0.552. The van der Waals surface area contributed by atoms with E-state index in [0.717, 1.165) is 41.2 Å². The molecule has 1 saturated heterocycles. The Morgan fingerprint density at radius 1 is 1.06 bits per heavy atom. The number of allylic oxidation sites excluding steroid dienone is 1. The van der Waals surface area contributed by atoms with Crippen LogP contribution in [-0.4, -0.2) is 91.2 Å². The molecule has 2 aliphatic carbocycles. The van der Waals surface area contributed by atoms with Crippen molar-refractivity contribution in [2.75, 3.05) is 27.2 Å². The molecule has 49 heavy (non-hydrogen) atoms. The van der Waals surface area contributed by atoms with E-state index in [0.29, 0.717) is 31.0 Å². The Bertz CT molecular complexity index is 1920. The number of fused-ring (bicyclic) bond motifs is 3. The highest BCUT2D eigenvalue weighted by atomic mass is 32.2. The Balaban J connectivity index is 1.18. The van der Waals surface area contributed by atoms with Crippen LogP contribution in [0.2, 0.25) is 0 Å². The van der Waals surface area contributed by atoms with Crippen LogP contribution in [0.4, 0.5) is 4.79 Å². The number of benzene rings is 2. The lowest BCUT2D eigenvalue weighted by molar-refractivity contribution is -0.131. The second kappa shape index (κ2) is 13.0. The largest absolute Gasteiger partial charge is 0.496 e. The Morgan fingerprint density at radius 3 is 2.61 bits per heavy atom. The predicted molar refractivity (Wildman–Crippen MR) is 183 cm³/mol. The lowest BCUT2D eigenvalue weighted by Gasteiger charge is -2.30. The van der Waals surface area contributed by atoms with E-state index in [-0.39, 0.29) is 31.3 Å². The minimum absolute atomic E-state index is 0.125. The molecular weight excluding hydrogens is 646 g/mol. The lowest BCUT2D eigenvalue weighted by Crippen LogP contribution is -2.57. The maximum absolute atomic E-state index is 14.1. The van der Waals surface area contributed by atoms with Gasteiger partial charge in [0, 0.05) is 48.5 Å². The number of pyridine rings is 1. The van der Waals surface area contributed by atoms with E-state index >= 15 is 0 Å². The highest BCUT2D eigenvalue weighted by molar-refractivity contribution is 7.91. The number of ether oxygens (including phenoxy) is 2. The molecule has 3 heterocycles. The molecule has 7 rings (SSSR count). The van der Waals surface area contributed by atoms with Gasteiger partial charge in [-0.3, -0.25) is 14.3 Å². The average Bonchev–Trinajstić information content (AvgIpc) is 4.02. The summed E-state index contributed by atoms with van der Waals surface area (Å²) in [6, 6.07) is 14.3. The summed E-state index contributed by atoms with van der Waals surface area (Å²) in [6.45, 7) is 0.645. The Kier molecular flexibility index (Phi) is 8.72. The number of sulfonamides is 1. The molecule has 12 nitrogen and oxygen atoms in total. The molecule has 4 aliphatic rings. The average molecular weight is 688 g/mol. The molecule has 258 valence electrons. The third-order valence-corrected chi connectivity index (χ3v) is 11.8. The molecule has 2 saturated carbocycles. The van der Waals surface area contributed by atoms with Crippen molar-refractivity contribution in [1.29, 1.82) is 0 Å². The van der Waals surface area contributed by atoms with Gasteiger partial charge in [0.15, 0.2) is 0 Å². The van der Waals surface area contributed by atoms with E-state index in [1.807, 2.05) is 60.7 Å². The zero-order valence-electron chi connectivity index (χ0n) is 27.6. The SMILES string of the molecule is COc1ccc2c(OC3CC4C(=O)NC5(C(=O)NS(=O)(=O)C6CC6)CC5/C=C/CCCCN(C)C(=O)N4C3)nccc2c1-c1ccccc1. The molecule has 4 amide bonds. The minimum atomic E-state index is -3.83. The van der Waals surface area contributed by atoms with Gasteiger partial charge in [-0.05, 0) is 62.3 Å². The van der Waals surface area contributed by atoms with Crippen molar-refractivity contribution in [3.8, 4) is 22.8 Å². The van der Waals surface area contributed by atoms with Gasteiger partial charge >= 0.3 is 6.03 Å². The lowest BCUT2D eigenvalue weighted by atomic mass is 9.98. The molecule has 4 atom stereocenters. The van der Waals surface area contributed by atoms with Crippen LogP contribution in [-0.2, 0) is 19.6 Å². The standard InChI is InChI=1S/C36H41N5O7S/c1-40-19-9-4-3-8-12-24-21-36(24,34(43)39-49(45,46)26-13-14-26)38-32(42)29-20-25(22-41(29)35(40)44)48-33-28-15-16-30(47-2)31(27(28)17-18-37-33)23-10-6-5-7-11-23/h5-8,10-12,15-18,24-26,29H,3-4,9,13-14,19-22H2,1-2H3,(H,38,42)(H,39,43)/b12-8+. The molecule has 2 aromatic carbocycles. The Labute approximate surface area is 285 Å². The summed E-state index contributed by atoms with van der Waals surface area (Å²) in [4.78, 5) is 49.1. The van der Waals surface area contributed by atoms with Gasteiger partial charge in [0.25, 0.3) is 5.91 Å². The summed E-state index contributed by atoms with van der Waals surface area (Å²) >= 11 is 0. The monoisotopic (exact) mass is 687 g/mol. The second-order valence-corrected chi connectivity index (χ2v) is 15.4. The van der Waals surface area contributed by atoms with Crippen molar-refractivity contribution in [2.45, 2.75) is 67.9 Å². The molecule has 3 fully saturated rings. The Hall–Kier alpha value is -4.65. The first-order valence-corrected chi connectivity index (χ1v) is 18.4. The van der Waals surface area contributed by atoms with Gasteiger partial charge < -0.3 is 24.6 Å². The molecule has 0 radical (unpaired) electrons. The van der Waals surface area contributed by atoms with Gasteiger partial charge in [-0.1, -0.05) is 42.5 Å². The van der Waals surface area contributed by atoms with Gasteiger partial charge in [0.05, 0.1) is 18.9 Å². The van der Waals surface area contributed by atoms with E-state index in [9.17, 15) is 22.8 Å². The molecule has 2 aliphatic heterocycles. The first kappa shape index (κ1) is 32.9. The molecule has 3 aromatic rings. The van der Waals surface area contributed by atoms with Gasteiger partial charge in [0.1, 0.15) is 23.4 Å². The fourth-order valence-corrected chi connectivity index (χ4v) is 8.39. The summed E-state index contributed by atoms with van der Waals surface area (Å²) in [5.41, 5.74) is 0.454. The highest BCUT2D eigenvalue weighted by Gasteiger charge is 2.62. The number of carbonyl (C=O) groups is 3. The molecule has 13 heteroatoms. The Morgan fingerprint density at radius 2 is 1.86 bits per heavy atom. The third-order valence-electron chi connectivity index (χ3n) is 10.0. The molecular formula is C36H41N5O7S. The van der Waals surface area contributed by atoms with Crippen molar-refractivity contribution in [1.82, 2.24) is 24.8 Å². The zero-order valence-corrected chi connectivity index (χ0v) is 28.4. The third kappa shape index (κ3) is 6.43. The van der Waals surface area contributed by atoms with Gasteiger partial charge in [0.2, 0.25) is 21.8 Å². The van der Waals surface area contributed by atoms with Crippen molar-refractivity contribution < 1.29 is 32.3 Å². The number of nitrogens with one attached hydrogen (secondary N) is 2. The number of hydrogen-bond acceptors (Lipinski definition) is 8. The summed E-state index contributed by atoms with van der Waals surface area (Å²) in [6.07, 6.45) is 8.72. The number of amides is 4. The maximum Gasteiger partial charge on any atom is 0.320 e. The number of aromatic nitrogens is 1. The summed E-state index contributed by atoms with van der Waals surface area (Å²) in [5, 5.41) is 3.94. The van der Waals surface area contributed by atoms with Crippen LogP contribution in [0.5, 0.6) is 11.6 Å². The number of methoxy groups -OCH3 is 1. The maximum atomic E-state index is 14.1. The van der Waals surface area contributed by atoms with Crippen molar-refractivity contribution in [3.63, 3.8) is 0 Å². The van der Waals surface area contributed by atoms with Crippen LogP contribution in [0.15, 0.2) is 66.9 Å². The highest BCUT2D eigenvalue weighted by Crippen LogP contribution is 2.46. The van der Waals surface area contributed by atoms with Crippen molar-refractivity contribution in [3.05, 3.63) is 66.9 Å². The van der Waals surface area contributed by atoms with Crippen LogP contribution in [0.3, 0.4) is 0 Å². The van der Waals surface area contributed by atoms with Crippen LogP contribution in [0.1, 0.15) is 44.9 Å².